The van der Waals surface area contributed by atoms with E-state index in [1.807, 2.05) is 4.72 Å². The Hall–Kier alpha value is -6.44. The zero-order chi connectivity index (χ0) is 54.4. The highest BCUT2D eigenvalue weighted by Crippen LogP contribution is 2.42. The summed E-state index contributed by atoms with van der Waals surface area (Å²) in [5.74, 6) is -3.46. The number of benzene rings is 4. The number of rotatable bonds is 11. The molecule has 0 fully saturated rings. The molecule has 0 spiro atoms. The molecule has 0 atom stereocenters. The van der Waals surface area contributed by atoms with Crippen LogP contribution in [0.25, 0.3) is 89.7 Å². The number of primary sulfonamides is 1. The Morgan fingerprint density at radius 1 is 0.446 bits per heavy atom. The molecule has 31 nitrogen and oxygen atoms in total. The summed E-state index contributed by atoms with van der Waals surface area (Å²) in [6.45, 7) is -0.831. The van der Waals surface area contributed by atoms with E-state index in [2.05, 4.69) is 39.9 Å². The number of hydrogen-bond acceptors (Lipinski definition) is 22. The van der Waals surface area contributed by atoms with Crippen LogP contribution in [-0.4, -0.2) is 149 Å². The number of sulfonamides is 2. The predicted molar refractivity (Wildman–Crippen MR) is 251 cm³/mol. The first-order chi connectivity index (χ1) is 33.8. The summed E-state index contributed by atoms with van der Waals surface area (Å²) in [5, 5.41) is 3.74. The highest BCUT2D eigenvalue weighted by molar-refractivity contribution is 7.92. The van der Waals surface area contributed by atoms with Crippen molar-refractivity contribution in [1.82, 2.24) is 44.6 Å². The molecule has 0 saturated heterocycles. The molecule has 74 heavy (non-hydrogen) atoms. The van der Waals surface area contributed by atoms with E-state index in [9.17, 15) is 85.6 Å². The average Bonchev–Trinajstić information content (AvgIpc) is 3.97. The van der Waals surface area contributed by atoms with Gasteiger partial charge in [0.05, 0.1) is 15.5 Å². The van der Waals surface area contributed by atoms with Gasteiger partial charge in [0, 0.05) is 56.6 Å². The van der Waals surface area contributed by atoms with Gasteiger partial charge < -0.3 is 9.97 Å². The number of H-pyrrole nitrogens is 2. The second-order valence-corrected chi connectivity index (χ2v) is 28.2. The van der Waals surface area contributed by atoms with Gasteiger partial charge in [-0.05, 0) is 54.6 Å². The standard InChI is InChI=1S/C35H26N10O21S8/c1-67(46,47)22-7-16-18(9-24(22)71(55,56)57)33-40-29-15-6-13(70(53,54)37-4-5-68(48,49)50)2-3-14(15)28(38-29)39-32-19-10-25(72(58,59)60)23(69(36,51)52)8-17(19)31(43-32)44-35-21-12-27(74(64,65)66)26(73(61,62)63)11-20(21)34(45-35)42-30(16)41-33/h2-3,6-12,37H,4-5H2,1H3,(H2,36,51,52)(H,48,49,50)(H,55,56,57)(H,58,59,60)(H,61,62,63)(H,64,65,66)(H2,38,39,40,41,42,43,44,45). The average molecular weight is 1180 g/mol. The lowest BCUT2D eigenvalue weighted by molar-refractivity contribution is 0.466. The van der Waals surface area contributed by atoms with Crippen molar-refractivity contribution in [3.63, 3.8) is 0 Å². The number of nitrogens with two attached hydrogens (primary N) is 1. The lowest BCUT2D eigenvalue weighted by Crippen LogP contribution is -2.29. The van der Waals surface area contributed by atoms with Crippen LogP contribution >= 0.6 is 0 Å². The van der Waals surface area contributed by atoms with Gasteiger partial charge >= 0.3 is 0 Å². The Bertz CT molecular complexity index is 4910. The van der Waals surface area contributed by atoms with E-state index < -0.39 is 200 Å². The maximum Gasteiger partial charge on any atom is 0.295 e. The summed E-state index contributed by atoms with van der Waals surface area (Å²) in [4.78, 5) is 23.4. The zero-order valence-electron chi connectivity index (χ0n) is 35.9. The van der Waals surface area contributed by atoms with E-state index in [1.165, 1.54) is 0 Å². The molecule has 5 heterocycles. The van der Waals surface area contributed by atoms with E-state index in [0.717, 1.165) is 18.2 Å². The number of nitrogens with zero attached hydrogens (tertiary/aromatic N) is 6. The van der Waals surface area contributed by atoms with Crippen LogP contribution in [-0.2, 0) is 80.5 Å². The summed E-state index contributed by atoms with van der Waals surface area (Å²) >= 11 is 0. The summed E-state index contributed by atoms with van der Waals surface area (Å²) in [5.41, 5.74) is -3.62. The quantitative estimate of drug-likeness (QED) is 0.0774. The normalized spacial score (nSPS) is 13.8. The second kappa shape index (κ2) is 16.8. The Labute approximate surface area is 414 Å². The van der Waals surface area contributed by atoms with Crippen molar-refractivity contribution in [2.45, 2.75) is 34.3 Å². The molecule has 8 bridgehead atoms. The first-order valence-corrected chi connectivity index (χ1v) is 31.7. The van der Waals surface area contributed by atoms with Gasteiger partial charge in [-0.2, -0.15) is 42.1 Å². The molecule has 10 N–H and O–H groups in total. The molecule has 4 aromatic carbocycles. The van der Waals surface area contributed by atoms with Gasteiger partial charge in [-0.15, -0.1) is 0 Å². The monoisotopic (exact) mass is 1180 g/mol. The van der Waals surface area contributed by atoms with E-state index in [0.29, 0.717) is 42.7 Å². The third-order valence-corrected chi connectivity index (χ3v) is 19.0. The predicted octanol–water partition coefficient (Wildman–Crippen LogP) is 0.0730. The van der Waals surface area contributed by atoms with Crippen molar-refractivity contribution in [2.24, 2.45) is 5.14 Å². The Morgan fingerprint density at radius 2 is 0.784 bits per heavy atom. The minimum Gasteiger partial charge on any atom is -0.324 e. The van der Waals surface area contributed by atoms with E-state index in [1.54, 1.807) is 0 Å². The van der Waals surface area contributed by atoms with Crippen LogP contribution in [0.3, 0.4) is 0 Å². The molecule has 0 amide bonds. The minimum absolute atomic E-state index is 0.124. The Kier molecular flexibility index (Phi) is 11.9. The van der Waals surface area contributed by atoms with Gasteiger partial charge in [-0.25, -0.2) is 65.0 Å². The molecule has 0 saturated carbocycles. The maximum absolute atomic E-state index is 13.5. The molecular weight excluding hydrogens is 1150 g/mol. The molecule has 2 aliphatic rings. The Morgan fingerprint density at radius 3 is 1.15 bits per heavy atom. The highest BCUT2D eigenvalue weighted by Gasteiger charge is 2.33. The zero-order valence-corrected chi connectivity index (χ0v) is 42.4. The summed E-state index contributed by atoms with van der Waals surface area (Å²) in [6, 6.07) is 6.49. The van der Waals surface area contributed by atoms with Crippen molar-refractivity contribution in [3.8, 4) is 45.6 Å². The first kappa shape index (κ1) is 52.4. The van der Waals surface area contributed by atoms with Gasteiger partial charge in [0.25, 0.3) is 50.6 Å². The first-order valence-electron chi connectivity index (χ1n) is 19.4. The number of aromatic amines is 2. The molecule has 39 heteroatoms. The molecule has 9 rings (SSSR count). The van der Waals surface area contributed by atoms with Crippen molar-refractivity contribution >= 4 is 125 Å². The van der Waals surface area contributed by atoms with Gasteiger partial charge in [-0.1, -0.05) is 0 Å². The lowest BCUT2D eigenvalue weighted by atomic mass is 10.1. The van der Waals surface area contributed by atoms with Gasteiger partial charge in [0.1, 0.15) is 47.1 Å². The van der Waals surface area contributed by atoms with Crippen LogP contribution in [0.15, 0.2) is 88.9 Å². The molecule has 0 unspecified atom stereocenters. The molecular formula is C35H26N10O21S8. The maximum atomic E-state index is 13.5. The molecule has 7 aromatic rings. The van der Waals surface area contributed by atoms with Crippen LogP contribution in [0.5, 0.6) is 0 Å². The fourth-order valence-electron chi connectivity index (χ4n) is 7.66. The molecule has 0 radical (unpaired) electrons. The number of hydrogen-bond donors (Lipinski definition) is 9. The van der Waals surface area contributed by atoms with Crippen molar-refractivity contribution in [1.29, 1.82) is 0 Å². The van der Waals surface area contributed by atoms with Crippen molar-refractivity contribution in [2.75, 3.05) is 18.6 Å². The van der Waals surface area contributed by atoms with Crippen LogP contribution in [0.2, 0.25) is 0 Å². The SMILES string of the molecule is CS(=O)(=O)c1cc2c3nc4nc(nc5[nH]c(nc6nc(nc([nH]3)c2cc1S(=O)(=O)O)-c1cc(S(=O)(=O)NCCS(=O)(=O)O)ccc1-6)c1cc(S(=O)(=O)O)c(S(N)(=O)=O)cc51)-c1cc(S(=O)(=O)O)c(S(=O)(=O)O)cc1-4. The Balaban J connectivity index is 1.53. The summed E-state index contributed by atoms with van der Waals surface area (Å²) in [7, 11) is -41.1. The number of fused-ring (bicyclic) bond motifs is 20. The lowest BCUT2D eigenvalue weighted by Gasteiger charge is -2.08. The van der Waals surface area contributed by atoms with Gasteiger partial charge in [0.15, 0.2) is 33.1 Å². The van der Waals surface area contributed by atoms with E-state index >= 15 is 0 Å². The minimum atomic E-state index is -5.59. The number of sulfone groups is 1. The van der Waals surface area contributed by atoms with Gasteiger partial charge in [-0.3, -0.25) is 22.8 Å². The van der Waals surface area contributed by atoms with Gasteiger partial charge in [0.2, 0.25) is 20.0 Å². The molecule has 2 aliphatic heterocycles. The second-order valence-electron chi connectivity index (χ2n) is 15.8. The van der Waals surface area contributed by atoms with E-state index in [-0.39, 0.29) is 16.5 Å². The van der Waals surface area contributed by atoms with Crippen LogP contribution in [0.4, 0.5) is 0 Å². The van der Waals surface area contributed by atoms with Crippen molar-refractivity contribution in [3.05, 3.63) is 54.6 Å². The molecule has 390 valence electrons. The van der Waals surface area contributed by atoms with Crippen molar-refractivity contribution < 1.29 is 90.1 Å². The number of nitrogens with one attached hydrogen (secondary N) is 3. The largest absolute Gasteiger partial charge is 0.324 e. The third kappa shape index (κ3) is 9.62. The van der Waals surface area contributed by atoms with Crippen LogP contribution in [0, 0.1) is 0 Å². The fourth-order valence-corrected chi connectivity index (χ4v) is 15.0. The van der Waals surface area contributed by atoms with Crippen LogP contribution < -0.4 is 9.86 Å². The molecule has 0 aliphatic carbocycles. The van der Waals surface area contributed by atoms with Crippen LogP contribution in [0.1, 0.15) is 0 Å². The van der Waals surface area contributed by atoms with E-state index in [4.69, 9.17) is 9.69 Å². The fraction of sp³-hybridized carbons (Fsp3) is 0.0857. The highest BCUT2D eigenvalue weighted by atomic mass is 32.2. The molecule has 3 aromatic heterocycles. The smallest absolute Gasteiger partial charge is 0.295 e. The third-order valence-electron chi connectivity index (χ3n) is 10.8. The topological polar surface area (TPSA) is 521 Å². The summed E-state index contributed by atoms with van der Waals surface area (Å²) < 4.78 is 255. The summed E-state index contributed by atoms with van der Waals surface area (Å²) in [6.07, 6.45) is 0.571. The number of aromatic nitrogens is 8.